The smallest absolute Gasteiger partial charge is 0.292 e. The van der Waals surface area contributed by atoms with Gasteiger partial charge in [-0.2, -0.15) is 5.10 Å². The Kier molecular flexibility index (Phi) is 4.37. The van der Waals surface area contributed by atoms with Crippen molar-refractivity contribution in [2.45, 2.75) is 32.4 Å². The fourth-order valence-electron chi connectivity index (χ4n) is 3.85. The molecule has 0 aromatic carbocycles. The van der Waals surface area contributed by atoms with Crippen molar-refractivity contribution in [2.24, 2.45) is 0 Å². The second kappa shape index (κ2) is 6.96. The number of rotatable bonds is 3. The number of amides is 1. The van der Waals surface area contributed by atoms with Crippen molar-refractivity contribution >= 4 is 23.0 Å². The van der Waals surface area contributed by atoms with Gasteiger partial charge in [0.15, 0.2) is 0 Å². The number of aromatic amines is 1. The molecule has 0 radical (unpaired) electrons. The van der Waals surface area contributed by atoms with E-state index in [1.54, 1.807) is 35.7 Å². The van der Waals surface area contributed by atoms with E-state index in [-0.39, 0.29) is 17.6 Å². The highest BCUT2D eigenvalue weighted by Crippen LogP contribution is 2.35. The number of fused-ring (bicyclic) bond motifs is 2. The summed E-state index contributed by atoms with van der Waals surface area (Å²) in [4.78, 5) is 27.0. The zero-order valence-electron chi connectivity index (χ0n) is 16.3. The highest BCUT2D eigenvalue weighted by Gasteiger charge is 2.38. The maximum Gasteiger partial charge on any atom is 0.292 e. The van der Waals surface area contributed by atoms with Crippen LogP contribution in [-0.4, -0.2) is 47.0 Å². The minimum absolute atomic E-state index is 0.108. The number of H-pyrrole nitrogens is 1. The van der Waals surface area contributed by atoms with Crippen LogP contribution in [0.2, 0.25) is 5.15 Å². The molecule has 0 aliphatic carbocycles. The van der Waals surface area contributed by atoms with E-state index in [0.29, 0.717) is 29.5 Å². The topological polar surface area (TPSA) is 113 Å². The number of imidazole rings is 1. The van der Waals surface area contributed by atoms with Gasteiger partial charge in [-0.3, -0.25) is 4.79 Å². The average molecular weight is 427 g/mol. The van der Waals surface area contributed by atoms with Gasteiger partial charge in [-0.15, -0.1) is 0 Å². The van der Waals surface area contributed by atoms with Crippen LogP contribution < -0.4 is 0 Å². The van der Waals surface area contributed by atoms with Gasteiger partial charge < -0.3 is 19.4 Å². The van der Waals surface area contributed by atoms with E-state index in [4.69, 9.17) is 16.0 Å². The summed E-state index contributed by atoms with van der Waals surface area (Å²) in [5, 5.41) is 14.9. The number of carbonyl (C=O) groups excluding carboxylic acids is 1. The number of nitrogens with one attached hydrogen (secondary N) is 1. The van der Waals surface area contributed by atoms with Crippen molar-refractivity contribution in [3.8, 4) is 0 Å². The number of pyridine rings is 1. The Morgan fingerprint density at radius 3 is 3.00 bits per heavy atom. The molecule has 1 aliphatic heterocycles. The quantitative estimate of drug-likeness (QED) is 0.487. The third-order valence-corrected chi connectivity index (χ3v) is 5.58. The molecular weight excluding hydrogens is 408 g/mol. The van der Waals surface area contributed by atoms with Crippen LogP contribution in [0.1, 0.15) is 58.3 Å². The van der Waals surface area contributed by atoms with Crippen LogP contribution >= 0.6 is 11.6 Å². The number of carbonyl (C=O) groups is 1. The second-order valence-electron chi connectivity index (χ2n) is 7.31. The van der Waals surface area contributed by atoms with Gasteiger partial charge >= 0.3 is 0 Å². The Morgan fingerprint density at radius 2 is 2.27 bits per heavy atom. The van der Waals surface area contributed by atoms with Gasteiger partial charge in [-0.1, -0.05) is 17.7 Å². The van der Waals surface area contributed by atoms with E-state index in [9.17, 15) is 9.90 Å². The molecular formula is C20H19ClN6O3. The van der Waals surface area contributed by atoms with E-state index in [1.807, 2.05) is 18.2 Å². The number of aliphatic hydroxyl groups excluding tert-OH is 1. The normalized spacial score (nSPS) is 17.3. The monoisotopic (exact) mass is 426 g/mol. The minimum atomic E-state index is -0.902. The maximum absolute atomic E-state index is 13.5. The van der Waals surface area contributed by atoms with Crippen LogP contribution in [0.15, 0.2) is 35.0 Å². The summed E-state index contributed by atoms with van der Waals surface area (Å²) >= 11 is 6.29. The molecule has 4 aromatic heterocycles. The van der Waals surface area contributed by atoms with E-state index in [2.05, 4.69) is 20.1 Å². The summed E-state index contributed by atoms with van der Waals surface area (Å²) in [6.45, 7) is 3.68. The summed E-state index contributed by atoms with van der Waals surface area (Å²) in [5.74, 6) is -0.102. The molecule has 30 heavy (non-hydrogen) atoms. The Bertz CT molecular complexity index is 1260. The summed E-state index contributed by atoms with van der Waals surface area (Å²) in [5.41, 5.74) is 3.60. The number of aromatic nitrogens is 5. The molecule has 0 bridgehead atoms. The van der Waals surface area contributed by atoms with E-state index >= 15 is 0 Å². The first-order chi connectivity index (χ1) is 14.4. The third kappa shape index (κ3) is 2.89. The number of halogens is 1. The molecule has 4 aromatic rings. The maximum atomic E-state index is 13.5. The van der Waals surface area contributed by atoms with Crippen molar-refractivity contribution in [1.29, 1.82) is 0 Å². The predicted octanol–water partition coefficient (Wildman–Crippen LogP) is 2.85. The van der Waals surface area contributed by atoms with Gasteiger partial charge in [0.25, 0.3) is 5.91 Å². The highest BCUT2D eigenvalue weighted by atomic mass is 35.5. The standard InChI is InChI=1S/C20H19ClN6O3/c1-10-18(30-19(24-10)11(2)28)20(29)26-7-6-13-16(23-9-22-13)17(26)14-8-12-4-3-5-15(21)27(12)25-14/h3-5,8-9,11,17,28H,6-7H2,1-2H3,(H,22,23)/t11-,17-/m0/s1. The fourth-order valence-corrected chi connectivity index (χ4v) is 4.06. The number of hydrogen-bond donors (Lipinski definition) is 2. The van der Waals surface area contributed by atoms with Gasteiger partial charge in [0.2, 0.25) is 11.7 Å². The van der Waals surface area contributed by atoms with Gasteiger partial charge in [0, 0.05) is 18.7 Å². The first kappa shape index (κ1) is 18.8. The van der Waals surface area contributed by atoms with Gasteiger partial charge in [-0.25, -0.2) is 14.5 Å². The highest BCUT2D eigenvalue weighted by molar-refractivity contribution is 6.29. The lowest BCUT2D eigenvalue weighted by Crippen LogP contribution is -2.41. The Morgan fingerprint density at radius 1 is 1.43 bits per heavy atom. The molecule has 5 rings (SSSR count). The van der Waals surface area contributed by atoms with Crippen molar-refractivity contribution in [3.05, 3.63) is 70.2 Å². The molecule has 0 spiro atoms. The lowest BCUT2D eigenvalue weighted by atomic mass is 9.99. The molecule has 0 saturated carbocycles. The van der Waals surface area contributed by atoms with Gasteiger partial charge in [-0.05, 0) is 32.0 Å². The largest absolute Gasteiger partial charge is 0.432 e. The zero-order valence-corrected chi connectivity index (χ0v) is 17.1. The first-order valence-corrected chi connectivity index (χ1v) is 9.94. The van der Waals surface area contributed by atoms with Crippen LogP contribution in [0.25, 0.3) is 5.52 Å². The number of aliphatic hydroxyl groups is 1. The van der Waals surface area contributed by atoms with E-state index in [0.717, 1.165) is 16.9 Å². The minimum Gasteiger partial charge on any atom is -0.432 e. The Hall–Kier alpha value is -3.17. The summed E-state index contributed by atoms with van der Waals surface area (Å²) < 4.78 is 7.23. The van der Waals surface area contributed by atoms with Crippen molar-refractivity contribution in [3.63, 3.8) is 0 Å². The second-order valence-corrected chi connectivity index (χ2v) is 7.70. The number of hydrogen-bond acceptors (Lipinski definition) is 6. The predicted molar refractivity (Wildman–Crippen MR) is 107 cm³/mol. The van der Waals surface area contributed by atoms with E-state index in [1.165, 1.54) is 0 Å². The summed E-state index contributed by atoms with van der Waals surface area (Å²) in [6.07, 6.45) is 1.35. The van der Waals surface area contributed by atoms with Crippen molar-refractivity contribution in [2.75, 3.05) is 6.54 Å². The molecule has 10 heteroatoms. The molecule has 5 heterocycles. The number of aryl methyl sites for hydroxylation is 1. The Labute approximate surface area is 176 Å². The number of nitrogens with zero attached hydrogens (tertiary/aromatic N) is 5. The van der Waals surface area contributed by atoms with Crippen LogP contribution in [0.4, 0.5) is 0 Å². The van der Waals surface area contributed by atoms with Crippen molar-refractivity contribution in [1.82, 2.24) is 29.5 Å². The molecule has 0 saturated heterocycles. The average Bonchev–Trinajstić information content (AvgIpc) is 3.44. The molecule has 1 aliphatic rings. The fraction of sp³-hybridized carbons (Fsp3) is 0.300. The number of oxazole rings is 1. The third-order valence-electron chi connectivity index (χ3n) is 5.29. The van der Waals surface area contributed by atoms with Crippen LogP contribution in [0, 0.1) is 6.92 Å². The molecule has 1 amide bonds. The summed E-state index contributed by atoms with van der Waals surface area (Å²) in [6, 6.07) is 6.89. The van der Waals surface area contributed by atoms with Gasteiger partial charge in [0.05, 0.1) is 28.9 Å². The molecule has 0 fully saturated rings. The van der Waals surface area contributed by atoms with Gasteiger partial charge in [0.1, 0.15) is 17.3 Å². The first-order valence-electron chi connectivity index (χ1n) is 9.56. The van der Waals surface area contributed by atoms with Crippen LogP contribution in [0.3, 0.4) is 0 Å². The lowest BCUT2D eigenvalue weighted by molar-refractivity contribution is 0.0644. The molecule has 2 atom stereocenters. The van der Waals surface area contributed by atoms with Crippen molar-refractivity contribution < 1.29 is 14.3 Å². The van der Waals surface area contributed by atoms with E-state index < -0.39 is 12.1 Å². The molecule has 9 nitrogen and oxygen atoms in total. The zero-order chi connectivity index (χ0) is 21.0. The molecule has 0 unspecified atom stereocenters. The SMILES string of the molecule is Cc1nc([C@H](C)O)oc1C(=O)N1CCc2[nH]cnc2[C@@H]1c1cc2cccc(Cl)n2n1. The molecule has 2 N–H and O–H groups in total. The Balaban J connectivity index is 1.62. The lowest BCUT2D eigenvalue weighted by Gasteiger charge is -2.33. The summed E-state index contributed by atoms with van der Waals surface area (Å²) in [7, 11) is 0. The van der Waals surface area contributed by atoms with Crippen LogP contribution in [0.5, 0.6) is 0 Å². The molecule has 154 valence electrons. The van der Waals surface area contributed by atoms with Crippen LogP contribution in [-0.2, 0) is 6.42 Å².